The lowest BCUT2D eigenvalue weighted by molar-refractivity contribution is -0.137. The predicted octanol–water partition coefficient (Wildman–Crippen LogP) is 2.83. The van der Waals surface area contributed by atoms with E-state index in [2.05, 4.69) is 15.8 Å². The molecule has 2 amide bonds. The summed E-state index contributed by atoms with van der Waals surface area (Å²) in [5, 5.41) is 9.18. The number of alkyl halides is 3. The number of carbonyl (C=O) groups is 2. The molecule has 0 saturated carbocycles. The Kier molecular flexibility index (Phi) is 6.21. The Hall–Kier alpha value is -2.88. The van der Waals surface area contributed by atoms with Crippen molar-refractivity contribution in [3.8, 4) is 0 Å². The van der Waals surface area contributed by atoms with Crippen LogP contribution in [0.2, 0.25) is 0 Å². The second-order valence-electron chi connectivity index (χ2n) is 6.97. The van der Waals surface area contributed by atoms with Crippen molar-refractivity contribution < 1.29 is 27.3 Å². The molecule has 0 unspecified atom stereocenters. The highest BCUT2D eigenvalue weighted by Gasteiger charge is 2.30. The van der Waals surface area contributed by atoms with Crippen LogP contribution in [0.4, 0.5) is 18.9 Å². The minimum absolute atomic E-state index is 0.0197. The van der Waals surface area contributed by atoms with Gasteiger partial charge in [-0.2, -0.15) is 13.2 Å². The fraction of sp³-hybridized carbons (Fsp3) is 0.421. The number of hydrogen-bond donors (Lipinski definition) is 2. The monoisotopic (exact) mass is 410 g/mol. The fourth-order valence-corrected chi connectivity index (χ4v) is 3.11. The summed E-state index contributed by atoms with van der Waals surface area (Å²) in [7, 11) is 0. The molecule has 1 aromatic carbocycles. The van der Waals surface area contributed by atoms with Crippen molar-refractivity contribution in [2.24, 2.45) is 0 Å². The van der Waals surface area contributed by atoms with Crippen molar-refractivity contribution in [3.63, 3.8) is 0 Å². The Bertz CT molecular complexity index is 856. The van der Waals surface area contributed by atoms with Gasteiger partial charge in [-0.25, -0.2) is 0 Å². The van der Waals surface area contributed by atoms with Crippen LogP contribution in [0.1, 0.15) is 34.7 Å². The highest BCUT2D eigenvalue weighted by molar-refractivity contribution is 5.93. The summed E-state index contributed by atoms with van der Waals surface area (Å²) in [6.07, 6.45) is -3.05. The number of hydrogen-bond acceptors (Lipinski definition) is 5. The smallest absolute Gasteiger partial charge is 0.361 e. The standard InChI is InChI=1S/C19H21F3N4O3/c1-12-10-16(25-29-12)18(28)24-15-6-8-26(9-7-15)11-17(27)23-14-4-2-13(3-5-14)19(20,21)22/h2-5,10,15H,6-9,11H2,1H3,(H,23,27)(H,24,28). The van der Waals surface area contributed by atoms with Crippen LogP contribution in [0, 0.1) is 6.92 Å². The topological polar surface area (TPSA) is 87.5 Å². The number of amides is 2. The first-order chi connectivity index (χ1) is 13.7. The first-order valence-electron chi connectivity index (χ1n) is 9.14. The second-order valence-corrected chi connectivity index (χ2v) is 6.97. The molecule has 1 fully saturated rings. The first kappa shape index (κ1) is 20.8. The number of carbonyl (C=O) groups excluding carboxylic acids is 2. The highest BCUT2D eigenvalue weighted by Crippen LogP contribution is 2.29. The van der Waals surface area contributed by atoms with Gasteiger partial charge in [0.25, 0.3) is 5.91 Å². The molecule has 3 rings (SSSR count). The Morgan fingerprint density at radius 1 is 1.21 bits per heavy atom. The van der Waals surface area contributed by atoms with Gasteiger partial charge in [-0.3, -0.25) is 14.5 Å². The number of halogens is 3. The van der Waals surface area contributed by atoms with Crippen LogP contribution in [0.25, 0.3) is 0 Å². The molecule has 0 radical (unpaired) electrons. The minimum atomic E-state index is -4.41. The van der Waals surface area contributed by atoms with Gasteiger partial charge in [-0.05, 0) is 44.0 Å². The summed E-state index contributed by atoms with van der Waals surface area (Å²) in [6.45, 7) is 3.06. The van der Waals surface area contributed by atoms with Crippen LogP contribution >= 0.6 is 0 Å². The number of nitrogens with one attached hydrogen (secondary N) is 2. The molecule has 2 N–H and O–H groups in total. The molecule has 0 aliphatic carbocycles. The molecule has 0 bridgehead atoms. The molecule has 156 valence electrons. The van der Waals surface area contributed by atoms with E-state index in [0.29, 0.717) is 37.4 Å². The van der Waals surface area contributed by atoms with Gasteiger partial charge >= 0.3 is 6.18 Å². The molecule has 10 heteroatoms. The fourth-order valence-electron chi connectivity index (χ4n) is 3.11. The third-order valence-corrected chi connectivity index (χ3v) is 4.65. The van der Waals surface area contributed by atoms with Crippen LogP contribution in [-0.4, -0.2) is 47.5 Å². The summed E-state index contributed by atoms with van der Waals surface area (Å²) >= 11 is 0. The molecule has 7 nitrogen and oxygen atoms in total. The van der Waals surface area contributed by atoms with Gasteiger partial charge in [0, 0.05) is 30.9 Å². The van der Waals surface area contributed by atoms with Gasteiger partial charge in [0.1, 0.15) is 5.76 Å². The maximum Gasteiger partial charge on any atom is 0.416 e. The molecule has 2 aromatic rings. The lowest BCUT2D eigenvalue weighted by Gasteiger charge is -2.31. The molecule has 0 spiro atoms. The number of benzene rings is 1. The number of likely N-dealkylation sites (tertiary alicyclic amines) is 1. The number of aromatic nitrogens is 1. The van der Waals surface area contributed by atoms with Gasteiger partial charge in [0.15, 0.2) is 5.69 Å². The summed E-state index contributed by atoms with van der Waals surface area (Å²) in [5.74, 6) is -0.0327. The number of aryl methyl sites for hydroxylation is 1. The minimum Gasteiger partial charge on any atom is -0.361 e. The molecular formula is C19H21F3N4O3. The Labute approximate surface area is 165 Å². The van der Waals surface area contributed by atoms with Crippen molar-refractivity contribution in [2.75, 3.05) is 25.0 Å². The van der Waals surface area contributed by atoms with E-state index >= 15 is 0 Å². The van der Waals surface area contributed by atoms with Crippen LogP contribution in [0.5, 0.6) is 0 Å². The molecular weight excluding hydrogens is 389 g/mol. The van der Waals surface area contributed by atoms with E-state index in [4.69, 9.17) is 4.52 Å². The van der Waals surface area contributed by atoms with Gasteiger partial charge in [0.2, 0.25) is 5.91 Å². The summed E-state index contributed by atoms with van der Waals surface area (Å²) < 4.78 is 42.6. The van der Waals surface area contributed by atoms with Gasteiger partial charge in [-0.1, -0.05) is 5.16 Å². The molecule has 0 atom stereocenters. The quantitative estimate of drug-likeness (QED) is 0.792. The van der Waals surface area contributed by atoms with Crippen LogP contribution in [-0.2, 0) is 11.0 Å². The lowest BCUT2D eigenvalue weighted by atomic mass is 10.0. The third-order valence-electron chi connectivity index (χ3n) is 4.65. The van der Waals surface area contributed by atoms with Crippen molar-refractivity contribution in [3.05, 3.63) is 47.3 Å². The number of nitrogens with zero attached hydrogens (tertiary/aromatic N) is 2. The maximum absolute atomic E-state index is 12.6. The van der Waals surface area contributed by atoms with E-state index in [0.717, 1.165) is 12.1 Å². The molecule has 29 heavy (non-hydrogen) atoms. The number of anilines is 1. The van der Waals surface area contributed by atoms with Gasteiger partial charge < -0.3 is 15.2 Å². The van der Waals surface area contributed by atoms with E-state index < -0.39 is 11.7 Å². The lowest BCUT2D eigenvalue weighted by Crippen LogP contribution is -2.46. The maximum atomic E-state index is 12.6. The zero-order chi connectivity index (χ0) is 21.0. The van der Waals surface area contributed by atoms with Gasteiger partial charge in [0.05, 0.1) is 12.1 Å². The average Bonchev–Trinajstić information content (AvgIpc) is 3.09. The summed E-state index contributed by atoms with van der Waals surface area (Å²) in [4.78, 5) is 26.2. The van der Waals surface area contributed by atoms with E-state index in [9.17, 15) is 22.8 Å². The molecule has 1 aliphatic rings. The first-order valence-corrected chi connectivity index (χ1v) is 9.14. The molecule has 1 aromatic heterocycles. The molecule has 1 aliphatic heterocycles. The Morgan fingerprint density at radius 2 is 1.86 bits per heavy atom. The van der Waals surface area contributed by atoms with Crippen molar-refractivity contribution in [2.45, 2.75) is 32.0 Å². The van der Waals surface area contributed by atoms with Crippen molar-refractivity contribution >= 4 is 17.5 Å². The molecule has 2 heterocycles. The van der Waals surface area contributed by atoms with Crippen LogP contribution in [0.15, 0.2) is 34.9 Å². The Morgan fingerprint density at radius 3 is 2.41 bits per heavy atom. The summed E-state index contributed by atoms with van der Waals surface area (Å²) in [6, 6.07) is 5.87. The van der Waals surface area contributed by atoms with Crippen LogP contribution < -0.4 is 10.6 Å². The number of rotatable bonds is 5. The van der Waals surface area contributed by atoms with E-state index in [1.54, 1.807) is 13.0 Å². The van der Waals surface area contributed by atoms with Crippen molar-refractivity contribution in [1.29, 1.82) is 0 Å². The molecule has 1 saturated heterocycles. The zero-order valence-electron chi connectivity index (χ0n) is 15.8. The third kappa shape index (κ3) is 5.80. The van der Waals surface area contributed by atoms with E-state index in [1.165, 1.54) is 12.1 Å². The second kappa shape index (κ2) is 8.64. The SMILES string of the molecule is Cc1cc(C(=O)NC2CCN(CC(=O)Nc3ccc(C(F)(F)F)cc3)CC2)no1. The highest BCUT2D eigenvalue weighted by atomic mass is 19.4. The number of piperidine rings is 1. The van der Waals surface area contributed by atoms with E-state index in [-0.39, 0.29) is 30.1 Å². The summed E-state index contributed by atoms with van der Waals surface area (Å²) in [5.41, 5.74) is -0.214. The van der Waals surface area contributed by atoms with Crippen LogP contribution in [0.3, 0.4) is 0 Å². The predicted molar refractivity (Wildman–Crippen MR) is 98.2 cm³/mol. The zero-order valence-corrected chi connectivity index (χ0v) is 15.8. The normalized spacial score (nSPS) is 15.9. The largest absolute Gasteiger partial charge is 0.416 e. The van der Waals surface area contributed by atoms with E-state index in [1.807, 2.05) is 4.90 Å². The van der Waals surface area contributed by atoms with Crippen molar-refractivity contribution in [1.82, 2.24) is 15.4 Å². The average molecular weight is 410 g/mol. The Balaban J connectivity index is 1.42. The van der Waals surface area contributed by atoms with Gasteiger partial charge in [-0.15, -0.1) is 0 Å².